The Hall–Kier alpha value is -0.753. The van der Waals surface area contributed by atoms with Crippen molar-refractivity contribution in [1.29, 1.82) is 0 Å². The van der Waals surface area contributed by atoms with E-state index in [-0.39, 0.29) is 0 Å². The molecular weight excluding hydrogens is 210 g/mol. The normalized spacial score (nSPS) is 11.7. The summed E-state index contributed by atoms with van der Waals surface area (Å²) in [6.45, 7) is 2.04. The average molecular weight is 228 g/mol. The van der Waals surface area contributed by atoms with E-state index < -0.39 is 8.80 Å². The molecule has 0 unspecified atom stereocenters. The Kier molecular flexibility index (Phi) is 4.40. The summed E-state index contributed by atoms with van der Waals surface area (Å²) in [4.78, 5) is 0. The molecule has 0 aliphatic carbocycles. The van der Waals surface area contributed by atoms with Gasteiger partial charge < -0.3 is 13.3 Å². The predicted molar refractivity (Wildman–Crippen MR) is 58.2 cm³/mol. The van der Waals surface area contributed by atoms with Crippen molar-refractivity contribution >= 4 is 8.80 Å². The molecule has 0 radical (unpaired) electrons. The molecule has 0 amide bonds. The van der Waals surface area contributed by atoms with Gasteiger partial charge in [0.2, 0.25) is 6.17 Å². The summed E-state index contributed by atoms with van der Waals surface area (Å²) in [5, 5.41) is 0. The fourth-order valence-corrected chi connectivity index (χ4v) is 3.05. The topological polar surface area (TPSA) is 31.6 Å². The van der Waals surface area contributed by atoms with Crippen molar-refractivity contribution in [2.45, 2.75) is 13.1 Å². The van der Waals surface area contributed by atoms with Crippen LogP contribution in [0.5, 0.6) is 0 Å². The molecule has 5 heteroatoms. The van der Waals surface area contributed by atoms with Crippen molar-refractivity contribution < 1.29 is 17.8 Å². The van der Waals surface area contributed by atoms with E-state index in [2.05, 4.69) is 4.57 Å². The van der Waals surface area contributed by atoms with Gasteiger partial charge in [0.25, 0.3) is 0 Å². The van der Waals surface area contributed by atoms with Crippen molar-refractivity contribution in [2.24, 2.45) is 0 Å². The third kappa shape index (κ3) is 2.85. The lowest BCUT2D eigenvalue weighted by Gasteiger charge is -2.21. The third-order valence-electron chi connectivity index (χ3n) is 2.46. The molecule has 0 aliphatic rings. The van der Waals surface area contributed by atoms with Crippen molar-refractivity contribution in [3.05, 3.63) is 30.1 Å². The van der Waals surface area contributed by atoms with E-state index in [1.54, 1.807) is 21.3 Å². The molecule has 84 valence electrons. The smallest absolute Gasteiger partial charge is 0.373 e. The molecule has 1 rings (SSSR count). The fraction of sp³-hybridized carbons (Fsp3) is 0.500. The molecule has 0 saturated carbocycles. The second kappa shape index (κ2) is 5.36. The largest absolute Gasteiger partial charge is 0.569 e. The van der Waals surface area contributed by atoms with E-state index >= 15 is 0 Å². The van der Waals surface area contributed by atoms with Crippen molar-refractivity contribution in [3.63, 3.8) is 0 Å². The zero-order valence-electron chi connectivity index (χ0n) is 9.69. The van der Waals surface area contributed by atoms with Gasteiger partial charge in [-0.3, -0.25) is 0 Å². The molecular formula is C10H18NO3Si+. The summed E-state index contributed by atoms with van der Waals surface area (Å²) < 4.78 is 18.2. The summed E-state index contributed by atoms with van der Waals surface area (Å²) in [6, 6.07) is 6.02. The van der Waals surface area contributed by atoms with Crippen LogP contribution in [-0.4, -0.2) is 30.1 Å². The maximum atomic E-state index is 5.37. The van der Waals surface area contributed by atoms with Crippen LogP contribution >= 0.6 is 0 Å². The van der Waals surface area contributed by atoms with E-state index in [1.165, 1.54) is 0 Å². The highest BCUT2D eigenvalue weighted by molar-refractivity contribution is 6.58. The molecule has 15 heavy (non-hydrogen) atoms. The van der Waals surface area contributed by atoms with Gasteiger partial charge in [-0.15, -0.1) is 0 Å². The van der Waals surface area contributed by atoms with Crippen molar-refractivity contribution in [3.8, 4) is 0 Å². The Labute approximate surface area is 91.8 Å². The zero-order chi connectivity index (χ0) is 11.3. The third-order valence-corrected chi connectivity index (χ3v) is 5.06. The van der Waals surface area contributed by atoms with Crippen molar-refractivity contribution in [1.82, 2.24) is 0 Å². The number of hydrogen-bond acceptors (Lipinski definition) is 3. The highest BCUT2D eigenvalue weighted by Crippen LogP contribution is 2.06. The lowest BCUT2D eigenvalue weighted by Crippen LogP contribution is -2.57. The number of pyridine rings is 1. The maximum absolute atomic E-state index is 5.37. The standard InChI is InChI=1S/C10H18NO3Si/c1-10-7-5-6-8-11(10)9-15(12-2,13-3)14-4/h5-8H,9H2,1-4H3/q+1. The minimum absolute atomic E-state index is 0.628. The SMILES string of the molecule is CO[Si](C[n+]1ccccc1C)(OC)OC. The molecule has 0 bridgehead atoms. The predicted octanol–water partition coefficient (Wildman–Crippen LogP) is 0.700. The first-order valence-corrected chi connectivity index (χ1v) is 6.71. The van der Waals surface area contributed by atoms with Gasteiger partial charge in [-0.1, -0.05) is 6.07 Å². The minimum Gasteiger partial charge on any atom is -0.373 e. The van der Waals surface area contributed by atoms with E-state index in [9.17, 15) is 0 Å². The fourth-order valence-electron chi connectivity index (χ4n) is 1.39. The summed E-state index contributed by atoms with van der Waals surface area (Å²) in [6.07, 6.45) is 2.62. The highest BCUT2D eigenvalue weighted by Gasteiger charge is 2.43. The lowest BCUT2D eigenvalue weighted by atomic mass is 10.4. The zero-order valence-corrected chi connectivity index (χ0v) is 10.7. The first-order valence-electron chi connectivity index (χ1n) is 4.78. The van der Waals surface area contributed by atoms with Crippen LogP contribution in [0.25, 0.3) is 0 Å². The molecule has 0 aromatic carbocycles. The van der Waals surface area contributed by atoms with Crippen LogP contribution in [-0.2, 0) is 19.4 Å². The van der Waals surface area contributed by atoms with Crippen molar-refractivity contribution in [2.75, 3.05) is 21.3 Å². The van der Waals surface area contributed by atoms with E-state index in [4.69, 9.17) is 13.3 Å². The molecule has 1 aromatic heterocycles. The maximum Gasteiger partial charge on any atom is 0.569 e. The van der Waals surface area contributed by atoms with Gasteiger partial charge in [-0.25, -0.2) is 0 Å². The molecule has 1 aromatic rings. The molecule has 4 nitrogen and oxygen atoms in total. The summed E-state index contributed by atoms with van der Waals surface area (Å²) in [5.74, 6) is 0. The molecule has 0 saturated heterocycles. The summed E-state index contributed by atoms with van der Waals surface area (Å²) in [5.41, 5.74) is 1.15. The molecule has 0 N–H and O–H groups in total. The number of aromatic nitrogens is 1. The number of aryl methyl sites for hydroxylation is 1. The molecule has 0 fully saturated rings. The van der Waals surface area contributed by atoms with Crippen LogP contribution in [0.15, 0.2) is 24.4 Å². The molecule has 0 aliphatic heterocycles. The van der Waals surface area contributed by atoms with Crippen LogP contribution in [0.3, 0.4) is 0 Å². The Morgan fingerprint density at radius 3 is 2.20 bits per heavy atom. The van der Waals surface area contributed by atoms with Crippen LogP contribution in [0.1, 0.15) is 5.69 Å². The van der Waals surface area contributed by atoms with Gasteiger partial charge in [0.15, 0.2) is 11.9 Å². The number of nitrogens with zero attached hydrogens (tertiary/aromatic N) is 1. The van der Waals surface area contributed by atoms with Gasteiger partial charge >= 0.3 is 8.80 Å². The first kappa shape index (κ1) is 12.3. The molecule has 0 atom stereocenters. The van der Waals surface area contributed by atoms with Gasteiger partial charge in [0.1, 0.15) is 0 Å². The van der Waals surface area contributed by atoms with Gasteiger partial charge in [0, 0.05) is 40.4 Å². The minimum atomic E-state index is -2.53. The van der Waals surface area contributed by atoms with E-state index in [0.29, 0.717) is 6.17 Å². The van der Waals surface area contributed by atoms with Crippen LogP contribution < -0.4 is 4.57 Å². The highest BCUT2D eigenvalue weighted by atomic mass is 28.4. The number of rotatable bonds is 5. The molecule has 1 heterocycles. The van der Waals surface area contributed by atoms with Crippen LogP contribution in [0, 0.1) is 6.92 Å². The second-order valence-electron chi connectivity index (χ2n) is 3.27. The monoisotopic (exact) mass is 228 g/mol. The van der Waals surface area contributed by atoms with Gasteiger partial charge in [0.05, 0.1) is 0 Å². The van der Waals surface area contributed by atoms with Gasteiger partial charge in [-0.2, -0.15) is 4.57 Å². The first-order chi connectivity index (χ1) is 7.17. The Morgan fingerprint density at radius 1 is 1.13 bits per heavy atom. The molecule has 0 spiro atoms. The quantitative estimate of drug-likeness (QED) is 0.549. The summed E-state index contributed by atoms with van der Waals surface area (Å²) in [7, 11) is 2.34. The Balaban J connectivity index is 2.88. The van der Waals surface area contributed by atoms with Crippen LogP contribution in [0.4, 0.5) is 0 Å². The van der Waals surface area contributed by atoms with Gasteiger partial charge in [-0.05, 0) is 0 Å². The van der Waals surface area contributed by atoms with E-state index in [0.717, 1.165) is 5.69 Å². The lowest BCUT2D eigenvalue weighted by molar-refractivity contribution is -0.691. The summed E-state index contributed by atoms with van der Waals surface area (Å²) >= 11 is 0. The van der Waals surface area contributed by atoms with E-state index in [1.807, 2.05) is 31.3 Å². The number of hydrogen-bond donors (Lipinski definition) is 0. The van der Waals surface area contributed by atoms with Crippen LogP contribution in [0.2, 0.25) is 0 Å². The average Bonchev–Trinajstić information content (AvgIpc) is 2.29. The Bertz CT molecular complexity index is 307. The second-order valence-corrected chi connectivity index (χ2v) is 6.17. The Morgan fingerprint density at radius 2 is 1.73 bits per heavy atom.